The second kappa shape index (κ2) is 9.54. The molecular formula is C19H22O6. The fraction of sp³-hybridized carbons (Fsp3) is 0.316. The summed E-state index contributed by atoms with van der Waals surface area (Å²) in [6, 6.07) is 12.5. The van der Waals surface area contributed by atoms with Crippen molar-refractivity contribution in [2.24, 2.45) is 0 Å². The first-order chi connectivity index (χ1) is 12.2. The molecule has 0 aliphatic heterocycles. The summed E-state index contributed by atoms with van der Waals surface area (Å²) in [4.78, 5) is 11.5. The number of carboxylic acid groups (broad SMARTS) is 1. The molecule has 0 aromatic heterocycles. The van der Waals surface area contributed by atoms with Crippen LogP contribution in [0, 0.1) is 0 Å². The van der Waals surface area contributed by atoms with E-state index in [-0.39, 0.29) is 17.9 Å². The highest BCUT2D eigenvalue weighted by Crippen LogP contribution is 2.35. The van der Waals surface area contributed by atoms with Gasteiger partial charge in [-0.05, 0) is 5.56 Å². The Kier molecular flexibility index (Phi) is 7.10. The zero-order valence-corrected chi connectivity index (χ0v) is 14.4. The normalized spacial score (nSPS) is 10.3. The fourth-order valence-electron chi connectivity index (χ4n) is 2.22. The zero-order valence-electron chi connectivity index (χ0n) is 14.4. The number of carboxylic acids is 1. The summed E-state index contributed by atoms with van der Waals surface area (Å²) >= 11 is 0. The summed E-state index contributed by atoms with van der Waals surface area (Å²) in [5.41, 5.74) is 0.967. The highest BCUT2D eigenvalue weighted by Gasteiger charge is 2.18. The second-order valence-electron chi connectivity index (χ2n) is 5.27. The SMILES string of the molecule is COCCCOc1cc(OCc2ccccc2)c(C(=O)O)cc1OC. The Labute approximate surface area is 146 Å². The number of hydrogen-bond donors (Lipinski definition) is 1. The molecule has 25 heavy (non-hydrogen) atoms. The number of methoxy groups -OCH3 is 2. The van der Waals surface area contributed by atoms with E-state index in [2.05, 4.69) is 0 Å². The van der Waals surface area contributed by atoms with Crippen molar-refractivity contribution in [1.82, 2.24) is 0 Å². The molecule has 0 radical (unpaired) electrons. The molecule has 6 nitrogen and oxygen atoms in total. The number of rotatable bonds is 10. The van der Waals surface area contributed by atoms with Crippen LogP contribution in [0.25, 0.3) is 0 Å². The molecule has 134 valence electrons. The first-order valence-electron chi connectivity index (χ1n) is 7.89. The molecule has 2 aromatic rings. The van der Waals surface area contributed by atoms with E-state index < -0.39 is 5.97 Å². The van der Waals surface area contributed by atoms with Crippen LogP contribution in [0.5, 0.6) is 17.2 Å². The van der Waals surface area contributed by atoms with Crippen LogP contribution in [0.3, 0.4) is 0 Å². The topological polar surface area (TPSA) is 74.2 Å². The Morgan fingerprint density at radius 1 is 0.960 bits per heavy atom. The molecule has 0 saturated carbocycles. The summed E-state index contributed by atoms with van der Waals surface area (Å²) < 4.78 is 21.6. The minimum Gasteiger partial charge on any atom is -0.493 e. The molecule has 0 bridgehead atoms. The van der Waals surface area contributed by atoms with Crippen molar-refractivity contribution >= 4 is 5.97 Å². The summed E-state index contributed by atoms with van der Waals surface area (Å²) in [5.74, 6) is -0.0697. The number of ether oxygens (including phenoxy) is 4. The van der Waals surface area contributed by atoms with E-state index in [9.17, 15) is 9.90 Å². The van der Waals surface area contributed by atoms with Crippen molar-refractivity contribution < 1.29 is 28.8 Å². The minimum absolute atomic E-state index is 0.0250. The molecule has 6 heteroatoms. The molecule has 1 N–H and O–H groups in total. The Morgan fingerprint density at radius 3 is 2.36 bits per heavy atom. The lowest BCUT2D eigenvalue weighted by atomic mass is 10.1. The van der Waals surface area contributed by atoms with Gasteiger partial charge in [0.15, 0.2) is 11.5 Å². The Hall–Kier alpha value is -2.73. The van der Waals surface area contributed by atoms with Crippen LogP contribution in [0.15, 0.2) is 42.5 Å². The maximum atomic E-state index is 11.5. The third-order valence-corrected chi connectivity index (χ3v) is 3.48. The van der Waals surface area contributed by atoms with Gasteiger partial charge < -0.3 is 24.1 Å². The van der Waals surface area contributed by atoms with Crippen LogP contribution in [0.4, 0.5) is 0 Å². The molecule has 0 spiro atoms. The van der Waals surface area contributed by atoms with E-state index in [0.29, 0.717) is 31.1 Å². The lowest BCUT2D eigenvalue weighted by Gasteiger charge is -2.15. The van der Waals surface area contributed by atoms with E-state index in [1.165, 1.54) is 13.2 Å². The third kappa shape index (κ3) is 5.39. The molecule has 0 saturated heterocycles. The van der Waals surface area contributed by atoms with Gasteiger partial charge in [-0.25, -0.2) is 4.79 Å². The number of hydrogen-bond acceptors (Lipinski definition) is 5. The fourth-order valence-corrected chi connectivity index (χ4v) is 2.22. The Morgan fingerprint density at radius 2 is 1.72 bits per heavy atom. The van der Waals surface area contributed by atoms with Crippen LogP contribution in [0.1, 0.15) is 22.3 Å². The predicted molar refractivity (Wildman–Crippen MR) is 92.7 cm³/mol. The first kappa shape index (κ1) is 18.6. The van der Waals surface area contributed by atoms with Gasteiger partial charge in [-0.3, -0.25) is 0 Å². The lowest BCUT2D eigenvalue weighted by Crippen LogP contribution is -2.07. The molecule has 0 heterocycles. The highest BCUT2D eigenvalue weighted by atomic mass is 16.5. The van der Waals surface area contributed by atoms with Gasteiger partial charge in [0.05, 0.1) is 13.7 Å². The molecule has 0 unspecified atom stereocenters. The average Bonchev–Trinajstić information content (AvgIpc) is 2.64. The van der Waals surface area contributed by atoms with Gasteiger partial charge in [0, 0.05) is 32.3 Å². The van der Waals surface area contributed by atoms with E-state index in [1.807, 2.05) is 30.3 Å². The molecule has 0 aliphatic rings. The first-order valence-corrected chi connectivity index (χ1v) is 7.89. The minimum atomic E-state index is -1.09. The number of benzene rings is 2. The summed E-state index contributed by atoms with van der Waals surface area (Å²) in [6.07, 6.45) is 0.709. The van der Waals surface area contributed by atoms with Crippen LogP contribution in [-0.2, 0) is 11.3 Å². The Bertz CT molecular complexity index is 684. The van der Waals surface area contributed by atoms with Crippen molar-refractivity contribution in [2.75, 3.05) is 27.4 Å². The maximum absolute atomic E-state index is 11.5. The smallest absolute Gasteiger partial charge is 0.339 e. The van der Waals surface area contributed by atoms with Crippen molar-refractivity contribution in [3.8, 4) is 17.2 Å². The standard InChI is InChI=1S/C19H22O6/c1-22-9-6-10-24-18-12-16(15(19(20)21)11-17(18)23-2)25-13-14-7-4-3-5-8-14/h3-5,7-8,11-12H,6,9-10,13H2,1-2H3,(H,20,21). The van der Waals surface area contributed by atoms with E-state index >= 15 is 0 Å². The van der Waals surface area contributed by atoms with Gasteiger partial charge in [0.1, 0.15) is 17.9 Å². The van der Waals surface area contributed by atoms with Gasteiger partial charge in [-0.1, -0.05) is 30.3 Å². The molecule has 2 rings (SSSR count). The highest BCUT2D eigenvalue weighted by molar-refractivity contribution is 5.92. The van der Waals surface area contributed by atoms with E-state index in [4.69, 9.17) is 18.9 Å². The van der Waals surface area contributed by atoms with Crippen molar-refractivity contribution in [1.29, 1.82) is 0 Å². The summed E-state index contributed by atoms with van der Waals surface area (Å²) in [6.45, 7) is 1.26. The van der Waals surface area contributed by atoms with Crippen molar-refractivity contribution in [2.45, 2.75) is 13.0 Å². The van der Waals surface area contributed by atoms with Gasteiger partial charge in [-0.2, -0.15) is 0 Å². The average molecular weight is 346 g/mol. The number of carbonyl (C=O) groups is 1. The molecule has 0 amide bonds. The maximum Gasteiger partial charge on any atom is 0.339 e. The number of aromatic carboxylic acids is 1. The largest absolute Gasteiger partial charge is 0.493 e. The zero-order chi connectivity index (χ0) is 18.1. The van der Waals surface area contributed by atoms with E-state index in [0.717, 1.165) is 5.56 Å². The molecular weight excluding hydrogens is 324 g/mol. The molecule has 0 atom stereocenters. The second-order valence-corrected chi connectivity index (χ2v) is 5.27. The third-order valence-electron chi connectivity index (χ3n) is 3.48. The lowest BCUT2D eigenvalue weighted by molar-refractivity contribution is 0.0691. The van der Waals surface area contributed by atoms with Crippen molar-refractivity contribution in [3.63, 3.8) is 0 Å². The molecule has 0 fully saturated rings. The van der Waals surface area contributed by atoms with Crippen molar-refractivity contribution in [3.05, 3.63) is 53.6 Å². The molecule has 2 aromatic carbocycles. The van der Waals surface area contributed by atoms with Crippen LogP contribution in [-0.4, -0.2) is 38.5 Å². The van der Waals surface area contributed by atoms with Gasteiger partial charge in [0.2, 0.25) is 0 Å². The van der Waals surface area contributed by atoms with Crippen LogP contribution < -0.4 is 14.2 Å². The predicted octanol–water partition coefficient (Wildman–Crippen LogP) is 3.39. The van der Waals surface area contributed by atoms with E-state index in [1.54, 1.807) is 13.2 Å². The quantitative estimate of drug-likeness (QED) is 0.665. The van der Waals surface area contributed by atoms with Gasteiger partial charge >= 0.3 is 5.97 Å². The van der Waals surface area contributed by atoms with Crippen LogP contribution >= 0.6 is 0 Å². The summed E-state index contributed by atoms with van der Waals surface area (Å²) in [5, 5.41) is 9.43. The molecule has 0 aliphatic carbocycles. The van der Waals surface area contributed by atoms with Crippen LogP contribution in [0.2, 0.25) is 0 Å². The van der Waals surface area contributed by atoms with Gasteiger partial charge in [-0.15, -0.1) is 0 Å². The Balaban J connectivity index is 2.20. The van der Waals surface area contributed by atoms with Gasteiger partial charge in [0.25, 0.3) is 0 Å². The monoisotopic (exact) mass is 346 g/mol. The summed E-state index contributed by atoms with van der Waals surface area (Å²) in [7, 11) is 3.09.